The Morgan fingerprint density at radius 1 is 1.16 bits per heavy atom. The number of aromatic nitrogens is 2. The third-order valence-corrected chi connectivity index (χ3v) is 5.24. The van der Waals surface area contributed by atoms with Gasteiger partial charge in [0.15, 0.2) is 0 Å². The zero-order chi connectivity index (χ0) is 17.6. The number of piperidine rings is 1. The molecule has 1 aliphatic heterocycles. The summed E-state index contributed by atoms with van der Waals surface area (Å²) in [6.07, 6.45) is 5.31. The molecule has 1 aromatic heterocycles. The summed E-state index contributed by atoms with van der Waals surface area (Å²) < 4.78 is 0. The molecule has 0 bridgehead atoms. The molecule has 2 aromatic rings. The highest BCUT2D eigenvalue weighted by molar-refractivity contribution is 7.99. The van der Waals surface area contributed by atoms with Gasteiger partial charge in [0, 0.05) is 24.8 Å². The predicted octanol–water partition coefficient (Wildman–Crippen LogP) is 3.81. The molecule has 1 saturated heterocycles. The van der Waals surface area contributed by atoms with E-state index in [-0.39, 0.29) is 5.91 Å². The molecule has 0 aliphatic carbocycles. The number of anilines is 2. The number of nitrogens with zero attached hydrogens (tertiary/aromatic N) is 3. The van der Waals surface area contributed by atoms with Crippen LogP contribution >= 0.6 is 11.8 Å². The Hall–Kier alpha value is -2.08. The maximum atomic E-state index is 12.2. The number of thioether (sulfide) groups is 1. The Kier molecular flexibility index (Phi) is 5.91. The maximum absolute atomic E-state index is 12.2. The quantitative estimate of drug-likeness (QED) is 0.652. The summed E-state index contributed by atoms with van der Waals surface area (Å²) in [5.41, 5.74) is 3.14. The monoisotopic (exact) mass is 356 g/mol. The second-order valence-electron chi connectivity index (χ2n) is 6.42. The van der Waals surface area contributed by atoms with Gasteiger partial charge in [-0.15, -0.1) is 0 Å². The van der Waals surface area contributed by atoms with Crippen LogP contribution in [0.1, 0.15) is 30.4 Å². The maximum Gasteiger partial charge on any atom is 0.234 e. The van der Waals surface area contributed by atoms with E-state index in [1.54, 1.807) is 6.33 Å². The fraction of sp³-hybridized carbons (Fsp3) is 0.421. The van der Waals surface area contributed by atoms with Crippen molar-refractivity contribution in [3.05, 3.63) is 41.7 Å². The van der Waals surface area contributed by atoms with Gasteiger partial charge in [-0.2, -0.15) is 0 Å². The summed E-state index contributed by atoms with van der Waals surface area (Å²) in [7, 11) is 0. The van der Waals surface area contributed by atoms with E-state index in [2.05, 4.69) is 26.3 Å². The van der Waals surface area contributed by atoms with Crippen LogP contribution in [0.15, 0.2) is 35.6 Å². The molecule has 1 aromatic carbocycles. The molecular weight excluding hydrogens is 332 g/mol. The third-order valence-electron chi connectivity index (χ3n) is 4.31. The van der Waals surface area contributed by atoms with Crippen molar-refractivity contribution in [2.24, 2.45) is 0 Å². The lowest BCUT2D eigenvalue weighted by Gasteiger charge is -2.27. The summed E-state index contributed by atoms with van der Waals surface area (Å²) in [5.74, 6) is 1.28. The van der Waals surface area contributed by atoms with Crippen LogP contribution in [0, 0.1) is 13.8 Å². The summed E-state index contributed by atoms with van der Waals surface area (Å²) in [5, 5.41) is 3.81. The number of aryl methyl sites for hydroxylation is 2. The molecule has 0 spiro atoms. The van der Waals surface area contributed by atoms with Crippen molar-refractivity contribution in [2.45, 2.75) is 38.1 Å². The van der Waals surface area contributed by atoms with E-state index in [9.17, 15) is 4.79 Å². The van der Waals surface area contributed by atoms with E-state index in [1.807, 2.05) is 32.0 Å². The molecule has 0 saturated carbocycles. The molecule has 2 heterocycles. The van der Waals surface area contributed by atoms with Gasteiger partial charge in [-0.25, -0.2) is 9.97 Å². The second kappa shape index (κ2) is 8.34. The third kappa shape index (κ3) is 4.95. The van der Waals surface area contributed by atoms with Crippen molar-refractivity contribution in [1.29, 1.82) is 0 Å². The van der Waals surface area contributed by atoms with Gasteiger partial charge in [-0.3, -0.25) is 4.79 Å². The van der Waals surface area contributed by atoms with Crippen LogP contribution < -0.4 is 10.2 Å². The number of amides is 1. The molecule has 1 amide bonds. The molecule has 1 fully saturated rings. The fourth-order valence-corrected chi connectivity index (χ4v) is 3.65. The first-order valence-electron chi connectivity index (χ1n) is 8.69. The Bertz CT molecular complexity index is 744. The van der Waals surface area contributed by atoms with Gasteiger partial charge in [-0.1, -0.05) is 29.5 Å². The number of rotatable bonds is 5. The normalized spacial score (nSPS) is 14.4. The number of benzene rings is 1. The van der Waals surface area contributed by atoms with Gasteiger partial charge >= 0.3 is 0 Å². The van der Waals surface area contributed by atoms with Gasteiger partial charge in [0.1, 0.15) is 17.2 Å². The van der Waals surface area contributed by atoms with Crippen molar-refractivity contribution in [1.82, 2.24) is 9.97 Å². The van der Waals surface area contributed by atoms with E-state index in [4.69, 9.17) is 0 Å². The van der Waals surface area contributed by atoms with E-state index in [0.717, 1.165) is 35.2 Å². The second-order valence-corrected chi connectivity index (χ2v) is 7.41. The van der Waals surface area contributed by atoms with Crippen LogP contribution in [0.2, 0.25) is 0 Å². The van der Waals surface area contributed by atoms with Crippen LogP contribution in [0.3, 0.4) is 0 Å². The largest absolute Gasteiger partial charge is 0.356 e. The minimum Gasteiger partial charge on any atom is -0.356 e. The molecule has 5 nitrogen and oxygen atoms in total. The van der Waals surface area contributed by atoms with Gasteiger partial charge in [0.05, 0.1) is 5.75 Å². The molecule has 1 aliphatic rings. The Morgan fingerprint density at radius 3 is 2.72 bits per heavy atom. The molecule has 132 valence electrons. The standard InChI is InChI=1S/C19H24N4OS/c1-14-6-7-16(15(2)10-14)22-18(24)12-25-19-11-17(20-13-21-19)23-8-4-3-5-9-23/h6-7,10-11,13H,3-5,8-9,12H2,1-2H3,(H,22,24). The predicted molar refractivity (Wildman–Crippen MR) is 103 cm³/mol. The van der Waals surface area contributed by atoms with Crippen molar-refractivity contribution >= 4 is 29.2 Å². The zero-order valence-electron chi connectivity index (χ0n) is 14.8. The minimum absolute atomic E-state index is 0.0184. The molecule has 0 atom stereocenters. The minimum atomic E-state index is -0.0184. The summed E-state index contributed by atoms with van der Waals surface area (Å²) in [4.78, 5) is 23.2. The summed E-state index contributed by atoms with van der Waals surface area (Å²) in [6, 6.07) is 8.01. The molecule has 25 heavy (non-hydrogen) atoms. The topological polar surface area (TPSA) is 58.1 Å². The van der Waals surface area contributed by atoms with E-state index in [0.29, 0.717) is 5.75 Å². The molecule has 0 unspecified atom stereocenters. The molecule has 6 heteroatoms. The number of hydrogen-bond donors (Lipinski definition) is 1. The van der Waals surface area contributed by atoms with E-state index >= 15 is 0 Å². The van der Waals surface area contributed by atoms with Crippen LogP contribution in [-0.4, -0.2) is 34.7 Å². The lowest BCUT2D eigenvalue weighted by atomic mass is 10.1. The first-order chi connectivity index (χ1) is 12.1. The first kappa shape index (κ1) is 17.7. The summed E-state index contributed by atoms with van der Waals surface area (Å²) in [6.45, 7) is 6.15. The lowest BCUT2D eigenvalue weighted by Crippen LogP contribution is -2.30. The smallest absolute Gasteiger partial charge is 0.234 e. The van der Waals surface area contributed by atoms with Crippen molar-refractivity contribution in [2.75, 3.05) is 29.1 Å². The summed E-state index contributed by atoms with van der Waals surface area (Å²) >= 11 is 1.45. The Balaban J connectivity index is 1.56. The van der Waals surface area contributed by atoms with Crippen LogP contribution in [0.5, 0.6) is 0 Å². The lowest BCUT2D eigenvalue weighted by molar-refractivity contribution is -0.113. The Labute approximate surface area is 153 Å². The van der Waals surface area contributed by atoms with E-state index < -0.39 is 0 Å². The van der Waals surface area contributed by atoms with E-state index in [1.165, 1.54) is 36.6 Å². The fourth-order valence-electron chi connectivity index (χ4n) is 2.98. The molecule has 0 radical (unpaired) electrons. The highest BCUT2D eigenvalue weighted by atomic mass is 32.2. The van der Waals surface area contributed by atoms with Gasteiger partial charge in [0.2, 0.25) is 5.91 Å². The zero-order valence-corrected chi connectivity index (χ0v) is 15.6. The van der Waals surface area contributed by atoms with Crippen LogP contribution in [0.25, 0.3) is 0 Å². The highest BCUT2D eigenvalue weighted by Gasteiger charge is 2.13. The average Bonchev–Trinajstić information content (AvgIpc) is 2.63. The van der Waals surface area contributed by atoms with Crippen LogP contribution in [0.4, 0.5) is 11.5 Å². The van der Waals surface area contributed by atoms with Gasteiger partial charge < -0.3 is 10.2 Å². The number of carbonyl (C=O) groups excluding carboxylic acids is 1. The molecular formula is C19H24N4OS. The molecule has 1 N–H and O–H groups in total. The van der Waals surface area contributed by atoms with Crippen LogP contribution in [-0.2, 0) is 4.79 Å². The SMILES string of the molecule is Cc1ccc(NC(=O)CSc2cc(N3CCCCC3)ncn2)c(C)c1. The molecule has 3 rings (SSSR count). The Morgan fingerprint density at radius 2 is 1.96 bits per heavy atom. The van der Waals surface area contributed by atoms with Crippen molar-refractivity contribution in [3.8, 4) is 0 Å². The highest BCUT2D eigenvalue weighted by Crippen LogP contribution is 2.23. The van der Waals surface area contributed by atoms with Gasteiger partial charge in [0.25, 0.3) is 0 Å². The van der Waals surface area contributed by atoms with Crippen molar-refractivity contribution < 1.29 is 4.79 Å². The first-order valence-corrected chi connectivity index (χ1v) is 9.67. The van der Waals surface area contributed by atoms with Crippen molar-refractivity contribution in [3.63, 3.8) is 0 Å². The van der Waals surface area contributed by atoms with Gasteiger partial charge in [-0.05, 0) is 44.7 Å². The number of nitrogens with one attached hydrogen (secondary N) is 1. The average molecular weight is 356 g/mol. The number of carbonyl (C=O) groups is 1. The number of hydrogen-bond acceptors (Lipinski definition) is 5.